The van der Waals surface area contributed by atoms with Crippen LogP contribution in [-0.2, 0) is 10.0 Å². The lowest BCUT2D eigenvalue weighted by molar-refractivity contribution is 0.467. The van der Waals surface area contributed by atoms with Gasteiger partial charge in [-0.15, -0.1) is 0 Å². The molecule has 13 heavy (non-hydrogen) atoms. The molecule has 0 amide bonds. The van der Waals surface area contributed by atoms with E-state index in [-0.39, 0.29) is 4.91 Å². The first kappa shape index (κ1) is 10.5. The maximum absolute atomic E-state index is 10.9. The summed E-state index contributed by atoms with van der Waals surface area (Å²) in [6, 6.07) is 0. The Balaban J connectivity index is 2.77. The molecule has 1 unspecified atom stereocenters. The lowest BCUT2D eigenvalue weighted by Gasteiger charge is -2.18. The zero-order valence-electron chi connectivity index (χ0n) is 7.90. The fourth-order valence-corrected chi connectivity index (χ4v) is 1.92. The van der Waals surface area contributed by atoms with E-state index in [1.165, 1.54) is 0 Å². The van der Waals surface area contributed by atoms with E-state index >= 15 is 0 Å². The van der Waals surface area contributed by atoms with Gasteiger partial charge in [0.15, 0.2) is 0 Å². The van der Waals surface area contributed by atoms with Gasteiger partial charge in [-0.05, 0) is 24.3 Å². The Morgan fingerprint density at radius 1 is 1.54 bits per heavy atom. The predicted octanol–water partition coefficient (Wildman–Crippen LogP) is 1.39. The maximum Gasteiger partial charge on any atom is 0.237 e. The molecule has 0 aromatic carbocycles. The van der Waals surface area contributed by atoms with Crippen molar-refractivity contribution >= 4 is 10.0 Å². The van der Waals surface area contributed by atoms with Gasteiger partial charge in [0.1, 0.15) is 0 Å². The van der Waals surface area contributed by atoms with Gasteiger partial charge in [-0.2, -0.15) is 0 Å². The van der Waals surface area contributed by atoms with E-state index in [0.29, 0.717) is 11.8 Å². The molecular formula is C9H15NO2S. The average Bonchev–Trinajstić information content (AvgIpc) is 2.03. The molecule has 0 bridgehead atoms. The van der Waals surface area contributed by atoms with E-state index in [9.17, 15) is 8.42 Å². The van der Waals surface area contributed by atoms with E-state index in [4.69, 9.17) is 5.14 Å². The van der Waals surface area contributed by atoms with Gasteiger partial charge in [0.2, 0.25) is 10.0 Å². The summed E-state index contributed by atoms with van der Waals surface area (Å²) in [7, 11) is -3.50. The van der Waals surface area contributed by atoms with Crippen molar-refractivity contribution in [1.82, 2.24) is 0 Å². The first-order chi connectivity index (χ1) is 5.91. The van der Waals surface area contributed by atoms with Gasteiger partial charge in [-0.1, -0.05) is 26.0 Å². The predicted molar refractivity (Wildman–Crippen MR) is 53.3 cm³/mol. The summed E-state index contributed by atoms with van der Waals surface area (Å²) in [5, 5.41) is 4.98. The summed E-state index contributed by atoms with van der Waals surface area (Å²) in [6.07, 6.45) is 5.98. The molecule has 1 aliphatic carbocycles. The second-order valence-electron chi connectivity index (χ2n) is 3.65. The summed E-state index contributed by atoms with van der Waals surface area (Å²) >= 11 is 0. The monoisotopic (exact) mass is 201 g/mol. The molecule has 1 rings (SSSR count). The Morgan fingerprint density at radius 2 is 2.15 bits per heavy atom. The normalized spacial score (nSPS) is 23.4. The number of hydrogen-bond acceptors (Lipinski definition) is 2. The van der Waals surface area contributed by atoms with Crippen molar-refractivity contribution in [3.63, 3.8) is 0 Å². The van der Waals surface area contributed by atoms with Gasteiger partial charge >= 0.3 is 0 Å². The molecule has 1 atom stereocenters. The summed E-state index contributed by atoms with van der Waals surface area (Å²) < 4.78 is 21.8. The van der Waals surface area contributed by atoms with Crippen molar-refractivity contribution < 1.29 is 8.42 Å². The molecule has 0 aromatic heterocycles. The maximum atomic E-state index is 10.9. The molecule has 0 aliphatic heterocycles. The number of primary sulfonamides is 1. The van der Waals surface area contributed by atoms with Crippen LogP contribution in [0.15, 0.2) is 23.1 Å². The van der Waals surface area contributed by atoms with Crippen LogP contribution in [0.1, 0.15) is 20.3 Å². The Morgan fingerprint density at radius 3 is 2.46 bits per heavy atom. The van der Waals surface area contributed by atoms with Crippen LogP contribution in [0.2, 0.25) is 0 Å². The largest absolute Gasteiger partial charge is 0.237 e. The zero-order valence-corrected chi connectivity index (χ0v) is 8.71. The van der Waals surface area contributed by atoms with Crippen molar-refractivity contribution in [1.29, 1.82) is 0 Å². The van der Waals surface area contributed by atoms with Gasteiger partial charge in [0, 0.05) is 0 Å². The minimum absolute atomic E-state index is 0.240. The second kappa shape index (κ2) is 3.64. The number of nitrogens with two attached hydrogens (primary N) is 1. The van der Waals surface area contributed by atoms with Crippen molar-refractivity contribution in [3.05, 3.63) is 23.1 Å². The van der Waals surface area contributed by atoms with E-state index in [1.54, 1.807) is 12.2 Å². The molecule has 0 heterocycles. The van der Waals surface area contributed by atoms with E-state index in [2.05, 4.69) is 13.8 Å². The van der Waals surface area contributed by atoms with Gasteiger partial charge in [-0.25, -0.2) is 13.6 Å². The summed E-state index contributed by atoms with van der Waals surface area (Å²) in [6.45, 7) is 4.23. The van der Waals surface area contributed by atoms with Crippen LogP contribution in [0.3, 0.4) is 0 Å². The Labute approximate surface area is 79.4 Å². The lowest BCUT2D eigenvalue weighted by Crippen LogP contribution is -2.16. The van der Waals surface area contributed by atoms with Crippen LogP contribution < -0.4 is 5.14 Å². The molecule has 0 fully saturated rings. The molecular weight excluding hydrogens is 186 g/mol. The minimum Gasteiger partial charge on any atom is -0.225 e. The highest BCUT2D eigenvalue weighted by molar-refractivity contribution is 7.93. The van der Waals surface area contributed by atoms with Crippen LogP contribution in [0, 0.1) is 11.8 Å². The van der Waals surface area contributed by atoms with Crippen LogP contribution in [0.25, 0.3) is 0 Å². The smallest absolute Gasteiger partial charge is 0.225 e. The third-order valence-corrected chi connectivity index (χ3v) is 3.24. The van der Waals surface area contributed by atoms with Crippen molar-refractivity contribution in [2.75, 3.05) is 0 Å². The van der Waals surface area contributed by atoms with Crippen molar-refractivity contribution in [2.45, 2.75) is 20.3 Å². The molecule has 0 aromatic rings. The van der Waals surface area contributed by atoms with Crippen molar-refractivity contribution in [2.24, 2.45) is 17.0 Å². The van der Waals surface area contributed by atoms with E-state index < -0.39 is 10.0 Å². The van der Waals surface area contributed by atoms with Gasteiger partial charge in [0.05, 0.1) is 4.91 Å². The fourth-order valence-electron chi connectivity index (χ4n) is 1.32. The molecule has 0 saturated heterocycles. The number of hydrogen-bond donors (Lipinski definition) is 1. The van der Waals surface area contributed by atoms with Crippen LogP contribution in [-0.4, -0.2) is 8.42 Å². The van der Waals surface area contributed by atoms with Crippen LogP contribution >= 0.6 is 0 Å². The Kier molecular flexibility index (Phi) is 2.93. The standard InChI is InChI=1S/C9H15NO2S/c1-7(2)8-3-5-9(6-4-8)13(10,11)12/h3,5-8H,4H2,1-2H3,(H2,10,11,12). The second-order valence-corrected chi connectivity index (χ2v) is 5.22. The van der Waals surface area contributed by atoms with Crippen molar-refractivity contribution in [3.8, 4) is 0 Å². The highest BCUT2D eigenvalue weighted by Crippen LogP contribution is 2.24. The molecule has 74 valence electrons. The fraction of sp³-hybridized carbons (Fsp3) is 0.556. The first-order valence-corrected chi connectivity index (χ1v) is 5.87. The SMILES string of the molecule is CC(C)C1C=CC(S(N)(=O)=O)=CC1. The number of allylic oxidation sites excluding steroid dienone is 3. The molecule has 2 N–H and O–H groups in total. The summed E-state index contributed by atoms with van der Waals surface area (Å²) in [5.74, 6) is 0.972. The molecule has 3 nitrogen and oxygen atoms in total. The van der Waals surface area contributed by atoms with Gasteiger partial charge in [0.25, 0.3) is 0 Å². The molecule has 0 spiro atoms. The van der Waals surface area contributed by atoms with Gasteiger partial charge < -0.3 is 0 Å². The third kappa shape index (κ3) is 2.67. The average molecular weight is 201 g/mol. The van der Waals surface area contributed by atoms with Crippen LogP contribution in [0.4, 0.5) is 0 Å². The van der Waals surface area contributed by atoms with E-state index in [0.717, 1.165) is 6.42 Å². The highest BCUT2D eigenvalue weighted by Gasteiger charge is 2.16. The van der Waals surface area contributed by atoms with E-state index in [1.807, 2.05) is 6.08 Å². The molecule has 1 aliphatic rings. The highest BCUT2D eigenvalue weighted by atomic mass is 32.2. The number of rotatable bonds is 2. The topological polar surface area (TPSA) is 60.2 Å². The quantitative estimate of drug-likeness (QED) is 0.734. The van der Waals surface area contributed by atoms with Gasteiger partial charge in [-0.3, -0.25) is 0 Å². The Hall–Kier alpha value is -0.610. The molecule has 0 radical (unpaired) electrons. The lowest BCUT2D eigenvalue weighted by atomic mass is 9.90. The summed E-state index contributed by atoms with van der Waals surface area (Å²) in [4.78, 5) is 0.240. The number of sulfonamides is 1. The minimum atomic E-state index is -3.50. The molecule has 4 heteroatoms. The Bertz CT molecular complexity index is 339. The first-order valence-electron chi connectivity index (χ1n) is 4.32. The summed E-state index contributed by atoms with van der Waals surface area (Å²) in [5.41, 5.74) is 0. The molecule has 0 saturated carbocycles. The third-order valence-electron chi connectivity index (χ3n) is 2.28. The van der Waals surface area contributed by atoms with Crippen LogP contribution in [0.5, 0.6) is 0 Å². The zero-order chi connectivity index (χ0) is 10.1.